The first-order chi connectivity index (χ1) is 8.24. The van der Waals surface area contributed by atoms with E-state index in [1.807, 2.05) is 24.3 Å². The highest BCUT2D eigenvalue weighted by Gasteiger charge is 2.06. The Labute approximate surface area is 100.0 Å². The Morgan fingerprint density at radius 1 is 1.35 bits per heavy atom. The van der Waals surface area contributed by atoms with E-state index < -0.39 is 5.97 Å². The molecule has 0 unspecified atom stereocenters. The van der Waals surface area contributed by atoms with E-state index in [1.165, 1.54) is 23.9 Å². The summed E-state index contributed by atoms with van der Waals surface area (Å²) in [6.45, 7) is 0. The van der Waals surface area contributed by atoms with E-state index in [4.69, 9.17) is 0 Å². The van der Waals surface area contributed by atoms with Crippen molar-refractivity contribution in [3.8, 4) is 5.13 Å². The number of aromatic carboxylic acids is 1. The van der Waals surface area contributed by atoms with Gasteiger partial charge in [-0.25, -0.2) is 9.97 Å². The lowest BCUT2D eigenvalue weighted by Gasteiger charge is -1.94. The van der Waals surface area contributed by atoms with Crippen molar-refractivity contribution in [1.29, 1.82) is 0 Å². The summed E-state index contributed by atoms with van der Waals surface area (Å²) in [6, 6.07) is 7.72. The zero-order chi connectivity index (χ0) is 11.8. The summed E-state index contributed by atoms with van der Waals surface area (Å²) in [5.41, 5.74) is 0.792. The fraction of sp³-hybridized carbons (Fsp3) is 0. The first kappa shape index (κ1) is 9.98. The summed E-state index contributed by atoms with van der Waals surface area (Å²) in [5.74, 6) is -1.29. The van der Waals surface area contributed by atoms with E-state index in [2.05, 4.69) is 9.97 Å². The molecule has 0 bridgehead atoms. The number of fused-ring (bicyclic) bond motifs is 1. The number of nitrogens with zero attached hydrogens (tertiary/aromatic N) is 3. The monoisotopic (exact) mass is 244 g/mol. The summed E-state index contributed by atoms with van der Waals surface area (Å²) in [7, 11) is 0. The molecule has 0 fully saturated rings. The number of carboxylic acid groups (broad SMARTS) is 1. The third-order valence-electron chi connectivity index (χ3n) is 2.30. The number of hydrogen-bond donors (Lipinski definition) is 0. The van der Waals surface area contributed by atoms with E-state index in [0.717, 1.165) is 10.2 Å². The van der Waals surface area contributed by atoms with Crippen molar-refractivity contribution in [3.05, 3.63) is 42.5 Å². The summed E-state index contributed by atoms with van der Waals surface area (Å²) < 4.78 is 2.63. The predicted octanol–water partition coefficient (Wildman–Crippen LogP) is 0.845. The van der Waals surface area contributed by atoms with Crippen LogP contribution in [-0.2, 0) is 0 Å². The van der Waals surface area contributed by atoms with Gasteiger partial charge >= 0.3 is 0 Å². The average Bonchev–Trinajstić information content (AvgIpc) is 2.95. The Bertz CT molecular complexity index is 668. The molecule has 84 valence electrons. The highest BCUT2D eigenvalue weighted by molar-refractivity contribution is 7.20. The van der Waals surface area contributed by atoms with Crippen molar-refractivity contribution in [2.24, 2.45) is 0 Å². The lowest BCUT2D eigenvalue weighted by Crippen LogP contribution is -2.22. The van der Waals surface area contributed by atoms with Gasteiger partial charge in [-0.3, -0.25) is 4.57 Å². The molecule has 0 N–H and O–H groups in total. The van der Waals surface area contributed by atoms with Gasteiger partial charge in [-0.1, -0.05) is 23.5 Å². The fourth-order valence-electron chi connectivity index (χ4n) is 1.50. The molecule has 0 saturated carbocycles. The number of carboxylic acids is 1. The second-order valence-corrected chi connectivity index (χ2v) is 4.43. The topological polar surface area (TPSA) is 70.8 Å². The number of rotatable bonds is 2. The summed E-state index contributed by atoms with van der Waals surface area (Å²) in [6.07, 6.45) is 2.82. The molecule has 0 spiro atoms. The standard InChI is InChI=1S/C11H7N3O2S/c15-10(16)8-5-14(6-12-8)11-13-7-3-1-2-4-9(7)17-11/h1-6H,(H,15,16)/p-1. The van der Waals surface area contributed by atoms with E-state index in [-0.39, 0.29) is 5.69 Å². The summed E-state index contributed by atoms with van der Waals surface area (Å²) in [5, 5.41) is 11.3. The van der Waals surface area contributed by atoms with Gasteiger partial charge in [-0.15, -0.1) is 0 Å². The lowest BCUT2D eigenvalue weighted by molar-refractivity contribution is -0.255. The minimum absolute atomic E-state index is 0.0933. The van der Waals surface area contributed by atoms with Crippen molar-refractivity contribution in [2.45, 2.75) is 0 Å². The number of carbonyl (C=O) groups excluding carboxylic acids is 1. The number of thiazole rings is 1. The first-order valence-electron chi connectivity index (χ1n) is 4.85. The van der Waals surface area contributed by atoms with Gasteiger partial charge in [0.05, 0.1) is 16.2 Å². The molecule has 0 aliphatic carbocycles. The molecule has 2 heterocycles. The van der Waals surface area contributed by atoms with Crippen molar-refractivity contribution in [3.63, 3.8) is 0 Å². The fourth-order valence-corrected chi connectivity index (χ4v) is 2.41. The predicted molar refractivity (Wildman–Crippen MR) is 61.1 cm³/mol. The first-order valence-corrected chi connectivity index (χ1v) is 5.67. The minimum Gasteiger partial charge on any atom is -0.543 e. The maximum Gasteiger partial charge on any atom is 0.195 e. The Morgan fingerprint density at radius 2 is 2.18 bits per heavy atom. The van der Waals surface area contributed by atoms with Crippen LogP contribution >= 0.6 is 11.3 Å². The van der Waals surface area contributed by atoms with Crippen LogP contribution in [0.15, 0.2) is 36.8 Å². The van der Waals surface area contributed by atoms with Crippen molar-refractivity contribution < 1.29 is 9.90 Å². The lowest BCUT2D eigenvalue weighted by atomic mass is 10.3. The van der Waals surface area contributed by atoms with Crippen molar-refractivity contribution in [1.82, 2.24) is 14.5 Å². The largest absolute Gasteiger partial charge is 0.543 e. The summed E-state index contributed by atoms with van der Waals surface area (Å²) in [4.78, 5) is 18.7. The molecule has 5 nitrogen and oxygen atoms in total. The van der Waals surface area contributed by atoms with Gasteiger partial charge in [-0.2, -0.15) is 0 Å². The molecule has 0 aliphatic heterocycles. The molecule has 0 atom stereocenters. The van der Waals surface area contributed by atoms with E-state index >= 15 is 0 Å². The van der Waals surface area contributed by atoms with Crippen LogP contribution in [0.4, 0.5) is 0 Å². The second kappa shape index (κ2) is 3.67. The van der Waals surface area contributed by atoms with Gasteiger partial charge < -0.3 is 9.90 Å². The van der Waals surface area contributed by atoms with E-state index in [9.17, 15) is 9.90 Å². The summed E-state index contributed by atoms with van der Waals surface area (Å²) >= 11 is 1.47. The van der Waals surface area contributed by atoms with Gasteiger partial charge in [0.1, 0.15) is 12.0 Å². The van der Waals surface area contributed by atoms with Gasteiger partial charge in [0.15, 0.2) is 5.13 Å². The Kier molecular flexibility index (Phi) is 2.15. The molecule has 6 heteroatoms. The van der Waals surface area contributed by atoms with E-state index in [0.29, 0.717) is 5.13 Å². The number of para-hydroxylation sites is 1. The number of carbonyl (C=O) groups is 1. The van der Waals surface area contributed by atoms with Crippen LogP contribution in [0.3, 0.4) is 0 Å². The number of imidazole rings is 1. The molecule has 0 saturated heterocycles. The van der Waals surface area contributed by atoms with Crippen molar-refractivity contribution in [2.75, 3.05) is 0 Å². The highest BCUT2D eigenvalue weighted by Crippen LogP contribution is 2.24. The van der Waals surface area contributed by atoms with Crippen LogP contribution < -0.4 is 5.11 Å². The zero-order valence-electron chi connectivity index (χ0n) is 8.53. The molecule has 3 aromatic rings. The van der Waals surface area contributed by atoms with Gasteiger partial charge in [-0.05, 0) is 12.1 Å². The Balaban J connectivity index is 2.10. The molecule has 17 heavy (non-hydrogen) atoms. The number of benzene rings is 1. The molecular weight excluding hydrogens is 238 g/mol. The average molecular weight is 244 g/mol. The molecule has 3 rings (SSSR count). The van der Waals surface area contributed by atoms with Crippen LogP contribution in [-0.4, -0.2) is 20.5 Å². The van der Waals surface area contributed by atoms with Crippen LogP contribution in [0.25, 0.3) is 15.3 Å². The zero-order valence-corrected chi connectivity index (χ0v) is 9.35. The second-order valence-electron chi connectivity index (χ2n) is 3.42. The molecule has 0 aliphatic rings. The molecule has 1 aromatic carbocycles. The Hall–Kier alpha value is -2.21. The quantitative estimate of drug-likeness (QED) is 0.670. The smallest absolute Gasteiger partial charge is 0.195 e. The number of hydrogen-bond acceptors (Lipinski definition) is 5. The van der Waals surface area contributed by atoms with Crippen LogP contribution in [0.1, 0.15) is 10.5 Å². The van der Waals surface area contributed by atoms with Crippen LogP contribution in [0, 0.1) is 0 Å². The maximum absolute atomic E-state index is 10.6. The minimum atomic E-state index is -1.29. The van der Waals surface area contributed by atoms with Crippen LogP contribution in [0.5, 0.6) is 0 Å². The molecule has 0 amide bonds. The van der Waals surface area contributed by atoms with Crippen LogP contribution in [0.2, 0.25) is 0 Å². The van der Waals surface area contributed by atoms with Crippen molar-refractivity contribution >= 4 is 27.5 Å². The van der Waals surface area contributed by atoms with Gasteiger partial charge in [0, 0.05) is 6.20 Å². The molecular formula is C11H6N3O2S-. The normalized spacial score (nSPS) is 10.8. The SMILES string of the molecule is O=C([O-])c1cn(-c2nc3ccccc3s2)cn1. The van der Waals surface area contributed by atoms with Gasteiger partial charge in [0.2, 0.25) is 0 Å². The molecule has 2 aromatic heterocycles. The third-order valence-corrected chi connectivity index (χ3v) is 3.35. The highest BCUT2D eigenvalue weighted by atomic mass is 32.1. The van der Waals surface area contributed by atoms with Gasteiger partial charge in [0.25, 0.3) is 0 Å². The third kappa shape index (κ3) is 1.68. The molecule has 0 radical (unpaired) electrons. The van der Waals surface area contributed by atoms with E-state index in [1.54, 1.807) is 4.57 Å². The number of aromatic nitrogens is 3. The Morgan fingerprint density at radius 3 is 2.88 bits per heavy atom. The maximum atomic E-state index is 10.6.